The number of fused-ring (bicyclic) bond motifs is 11. The van der Waals surface area contributed by atoms with Gasteiger partial charge in [0.1, 0.15) is 0 Å². The summed E-state index contributed by atoms with van der Waals surface area (Å²) >= 11 is 1.84. The summed E-state index contributed by atoms with van der Waals surface area (Å²) in [6, 6.07) is 69.8. The van der Waals surface area contributed by atoms with Gasteiger partial charge in [0, 0.05) is 53.3 Å². The number of thiophene rings is 1. The molecule has 0 bridgehead atoms. The van der Waals surface area contributed by atoms with E-state index < -0.39 is 0 Å². The molecule has 0 fully saturated rings. The van der Waals surface area contributed by atoms with Crippen molar-refractivity contribution < 1.29 is 0 Å². The molecule has 0 aliphatic carbocycles. The molecule has 4 nitrogen and oxygen atoms in total. The highest BCUT2D eigenvalue weighted by Gasteiger charge is 2.22. The summed E-state index contributed by atoms with van der Waals surface area (Å²) in [6.07, 6.45) is 0. The number of aromatic nitrogens is 4. The van der Waals surface area contributed by atoms with Crippen LogP contribution in [0, 0.1) is 0 Å². The van der Waals surface area contributed by atoms with E-state index >= 15 is 0 Å². The number of hydrogen-bond acceptors (Lipinski definition) is 4. The lowest BCUT2D eigenvalue weighted by atomic mass is 9.99. The van der Waals surface area contributed by atoms with Gasteiger partial charge in [-0.2, -0.15) is 0 Å². The second kappa shape index (κ2) is 12.9. The van der Waals surface area contributed by atoms with E-state index in [9.17, 15) is 0 Å². The highest BCUT2D eigenvalue weighted by Crippen LogP contribution is 2.46. The Morgan fingerprint density at radius 2 is 0.900 bits per heavy atom. The fourth-order valence-corrected chi connectivity index (χ4v) is 10.6. The van der Waals surface area contributed by atoms with Crippen molar-refractivity contribution >= 4 is 96.4 Å². The van der Waals surface area contributed by atoms with Crippen LogP contribution in [0.2, 0.25) is 0 Å². The number of nitrogens with zero attached hydrogens (tertiary/aromatic N) is 4. The molecule has 13 rings (SSSR count). The van der Waals surface area contributed by atoms with Gasteiger partial charge in [-0.05, 0) is 91.6 Å². The molecule has 0 saturated carbocycles. The minimum atomic E-state index is 0.648. The maximum Gasteiger partial charge on any atom is 0.164 e. The molecule has 13 aromatic rings. The summed E-state index contributed by atoms with van der Waals surface area (Å²) in [6.45, 7) is 0. The molecule has 0 aliphatic rings. The third-order valence-electron chi connectivity index (χ3n) is 12.1. The molecule has 0 N–H and O–H groups in total. The van der Waals surface area contributed by atoms with Crippen molar-refractivity contribution in [3.8, 4) is 39.9 Å². The van der Waals surface area contributed by atoms with Gasteiger partial charge in [-0.1, -0.05) is 146 Å². The van der Waals surface area contributed by atoms with Crippen molar-refractivity contribution in [2.24, 2.45) is 0 Å². The zero-order chi connectivity index (χ0) is 39.3. The van der Waals surface area contributed by atoms with Gasteiger partial charge in [0.2, 0.25) is 0 Å². The maximum absolute atomic E-state index is 5.38. The predicted octanol–water partition coefficient (Wildman–Crippen LogP) is 15.0. The molecule has 278 valence electrons. The Balaban J connectivity index is 1.12. The summed E-state index contributed by atoms with van der Waals surface area (Å²) in [4.78, 5) is 15.9. The van der Waals surface area contributed by atoms with E-state index in [1.165, 1.54) is 63.5 Å². The fraction of sp³-hybridized carbons (Fsp3) is 0. The van der Waals surface area contributed by atoms with Crippen LogP contribution in [0.5, 0.6) is 0 Å². The van der Waals surface area contributed by atoms with E-state index in [2.05, 4.69) is 180 Å². The Hall–Kier alpha value is -7.73. The Morgan fingerprint density at radius 1 is 0.350 bits per heavy atom. The molecular formula is C55H32N4S. The Kier molecular flexibility index (Phi) is 7.14. The van der Waals surface area contributed by atoms with Crippen molar-refractivity contribution in [1.29, 1.82) is 0 Å². The van der Waals surface area contributed by atoms with Gasteiger partial charge in [0.25, 0.3) is 0 Å². The molecule has 0 saturated heterocycles. The normalized spacial score (nSPS) is 12.0. The van der Waals surface area contributed by atoms with Crippen LogP contribution in [-0.4, -0.2) is 19.5 Å². The van der Waals surface area contributed by atoms with Crippen molar-refractivity contribution in [1.82, 2.24) is 19.5 Å². The molecule has 3 aromatic heterocycles. The second-order valence-electron chi connectivity index (χ2n) is 15.6. The molecule has 0 atom stereocenters. The van der Waals surface area contributed by atoms with E-state index in [4.69, 9.17) is 15.0 Å². The van der Waals surface area contributed by atoms with Crippen molar-refractivity contribution in [3.05, 3.63) is 194 Å². The quantitative estimate of drug-likeness (QED) is 0.179. The second-order valence-corrected chi connectivity index (χ2v) is 16.7. The van der Waals surface area contributed by atoms with E-state index in [1.807, 2.05) is 29.5 Å². The van der Waals surface area contributed by atoms with Crippen LogP contribution in [0.3, 0.4) is 0 Å². The van der Waals surface area contributed by atoms with E-state index in [1.54, 1.807) is 0 Å². The van der Waals surface area contributed by atoms with E-state index in [0.717, 1.165) is 43.9 Å². The first-order valence-corrected chi connectivity index (χ1v) is 21.1. The summed E-state index contributed by atoms with van der Waals surface area (Å²) in [5, 5.41) is 14.4. The van der Waals surface area contributed by atoms with Crippen LogP contribution in [-0.2, 0) is 0 Å². The smallest absolute Gasteiger partial charge is 0.164 e. The SMILES string of the molecule is c1ccc(-c2nc(-c3cccc4ccccc34)nc(-c3cc4ccccc4c4sc5ccc(-n6c7cc8ccccc8cc7c7cc8ccccc8cc76)cc5c34)n2)cc1. The van der Waals surface area contributed by atoms with Gasteiger partial charge < -0.3 is 4.57 Å². The molecule has 3 heterocycles. The highest BCUT2D eigenvalue weighted by atomic mass is 32.1. The monoisotopic (exact) mass is 780 g/mol. The van der Waals surface area contributed by atoms with Crippen molar-refractivity contribution in [3.63, 3.8) is 0 Å². The topological polar surface area (TPSA) is 43.6 Å². The van der Waals surface area contributed by atoms with Crippen LogP contribution >= 0.6 is 11.3 Å². The maximum atomic E-state index is 5.38. The van der Waals surface area contributed by atoms with Gasteiger partial charge in [-0.3, -0.25) is 0 Å². The lowest BCUT2D eigenvalue weighted by Gasteiger charge is -2.13. The first-order chi connectivity index (χ1) is 29.7. The lowest BCUT2D eigenvalue weighted by molar-refractivity contribution is 1.08. The zero-order valence-electron chi connectivity index (χ0n) is 32.2. The average molecular weight is 781 g/mol. The van der Waals surface area contributed by atoms with Gasteiger partial charge in [0.15, 0.2) is 17.5 Å². The molecule has 0 aliphatic heterocycles. The minimum absolute atomic E-state index is 0.648. The minimum Gasteiger partial charge on any atom is -0.309 e. The van der Waals surface area contributed by atoms with Crippen molar-refractivity contribution in [2.75, 3.05) is 0 Å². The molecule has 60 heavy (non-hydrogen) atoms. The van der Waals surface area contributed by atoms with Crippen molar-refractivity contribution in [2.45, 2.75) is 0 Å². The first-order valence-electron chi connectivity index (χ1n) is 20.3. The highest BCUT2D eigenvalue weighted by molar-refractivity contribution is 7.26. The number of benzene rings is 10. The number of hydrogen-bond donors (Lipinski definition) is 0. The van der Waals surface area contributed by atoms with E-state index in [-0.39, 0.29) is 0 Å². The van der Waals surface area contributed by atoms with Crippen LogP contribution in [0.4, 0.5) is 0 Å². The molecule has 0 radical (unpaired) electrons. The third-order valence-corrected chi connectivity index (χ3v) is 13.3. The van der Waals surface area contributed by atoms with Gasteiger partial charge in [-0.25, -0.2) is 15.0 Å². The first kappa shape index (κ1) is 33.3. The molecular weight excluding hydrogens is 749 g/mol. The number of rotatable bonds is 4. The summed E-state index contributed by atoms with van der Waals surface area (Å²) in [5.41, 5.74) is 6.41. The van der Waals surface area contributed by atoms with Crippen LogP contribution < -0.4 is 0 Å². The van der Waals surface area contributed by atoms with Gasteiger partial charge in [0.05, 0.1) is 11.0 Å². The molecule has 0 amide bonds. The Morgan fingerprint density at radius 3 is 1.60 bits per heavy atom. The molecule has 0 spiro atoms. The summed E-state index contributed by atoms with van der Waals surface area (Å²) in [5.74, 6) is 1.96. The van der Waals surface area contributed by atoms with Gasteiger partial charge in [-0.15, -0.1) is 11.3 Å². The zero-order valence-corrected chi connectivity index (χ0v) is 33.0. The Bertz CT molecular complexity index is 3800. The third kappa shape index (κ3) is 5.06. The van der Waals surface area contributed by atoms with Gasteiger partial charge >= 0.3 is 0 Å². The van der Waals surface area contributed by atoms with E-state index in [0.29, 0.717) is 17.5 Å². The largest absolute Gasteiger partial charge is 0.309 e. The summed E-state index contributed by atoms with van der Waals surface area (Å²) in [7, 11) is 0. The summed E-state index contributed by atoms with van der Waals surface area (Å²) < 4.78 is 4.90. The van der Waals surface area contributed by atoms with Crippen LogP contribution in [0.25, 0.3) is 125 Å². The van der Waals surface area contributed by atoms with Crippen LogP contribution in [0.15, 0.2) is 194 Å². The predicted molar refractivity (Wildman–Crippen MR) is 253 cm³/mol. The Labute approximate surface area is 348 Å². The molecule has 10 aromatic carbocycles. The van der Waals surface area contributed by atoms with Crippen LogP contribution in [0.1, 0.15) is 0 Å². The standard InChI is InChI=1S/C55H32N4S/c1-2-14-34(15-3-1)53-56-54(43-24-12-21-33-13-8-10-22-41(33)43)58-55(57-53)47-29-39-20-9-11-23-42(39)52-51(47)46-32-40(25-26-50(46)60-52)59-48-30-37-18-6-4-16-35(37)27-44(48)45-28-36-17-5-7-19-38(36)31-49(45)59/h1-32H. The lowest BCUT2D eigenvalue weighted by Crippen LogP contribution is -2.01. The fourth-order valence-electron chi connectivity index (χ4n) is 9.33. The molecule has 0 unspecified atom stereocenters. The average Bonchev–Trinajstić information content (AvgIpc) is 3.84. The molecule has 5 heteroatoms.